The molecule has 0 spiro atoms. The van der Waals surface area contributed by atoms with Crippen LogP contribution >= 0.6 is 24.0 Å². The number of carbonyl (C=O) groups excluding carboxylic acids is 1. The Morgan fingerprint density at radius 1 is 1.28 bits per heavy atom. The van der Waals surface area contributed by atoms with Crippen LogP contribution < -0.4 is 10.5 Å². The second-order valence-corrected chi connectivity index (χ2v) is 9.34. The number of piperazine rings is 1. The van der Waals surface area contributed by atoms with E-state index in [1.54, 1.807) is 17.6 Å². The predicted octanol–water partition coefficient (Wildman–Crippen LogP) is 1.48. The third kappa shape index (κ3) is 4.57. The number of carboxylic acids is 1. The van der Waals surface area contributed by atoms with Gasteiger partial charge in [-0.1, -0.05) is 24.0 Å². The van der Waals surface area contributed by atoms with Crippen LogP contribution in [0.15, 0.2) is 9.70 Å². The van der Waals surface area contributed by atoms with E-state index >= 15 is 0 Å². The maximum absolute atomic E-state index is 13.0. The molecule has 2 aliphatic heterocycles. The van der Waals surface area contributed by atoms with Crippen LogP contribution in [0.25, 0.3) is 6.08 Å². The molecule has 9 nitrogen and oxygen atoms in total. The third-order valence-corrected chi connectivity index (χ3v) is 7.04. The van der Waals surface area contributed by atoms with Crippen molar-refractivity contribution in [2.24, 2.45) is 0 Å². The van der Waals surface area contributed by atoms with Gasteiger partial charge in [0.05, 0.1) is 11.3 Å². The summed E-state index contributed by atoms with van der Waals surface area (Å²) < 4.78 is 1.89. The molecule has 2 fully saturated rings. The molecule has 170 valence electrons. The van der Waals surface area contributed by atoms with Crippen molar-refractivity contribution >= 4 is 52.1 Å². The first-order valence-electron chi connectivity index (χ1n) is 10.3. The molecule has 2 aliphatic rings. The lowest BCUT2D eigenvalue weighted by molar-refractivity contribution is -0.137. The number of rotatable bonds is 6. The summed E-state index contributed by atoms with van der Waals surface area (Å²) in [6, 6.07) is 2.02. The fourth-order valence-corrected chi connectivity index (χ4v) is 5.12. The highest BCUT2D eigenvalue weighted by Crippen LogP contribution is 2.36. The predicted molar refractivity (Wildman–Crippen MR) is 128 cm³/mol. The molecule has 0 saturated carbocycles. The van der Waals surface area contributed by atoms with Gasteiger partial charge in [-0.25, -0.2) is 0 Å². The number of nitrogens with zero attached hydrogens (tertiary/aromatic N) is 5. The van der Waals surface area contributed by atoms with E-state index in [-0.39, 0.29) is 30.0 Å². The van der Waals surface area contributed by atoms with E-state index in [0.29, 0.717) is 45.8 Å². The highest BCUT2D eigenvalue weighted by Gasteiger charge is 2.33. The number of anilines is 1. The van der Waals surface area contributed by atoms with E-state index in [0.717, 1.165) is 24.9 Å². The molecule has 0 radical (unpaired) electrons. The highest BCUT2D eigenvalue weighted by molar-refractivity contribution is 8.26. The number of carboxylic acid groups (broad SMARTS) is 1. The summed E-state index contributed by atoms with van der Waals surface area (Å²) in [5.41, 5.74) is 0.878. The van der Waals surface area contributed by atoms with Gasteiger partial charge in [-0.15, -0.1) is 0 Å². The van der Waals surface area contributed by atoms with E-state index in [9.17, 15) is 19.6 Å². The van der Waals surface area contributed by atoms with Crippen LogP contribution in [0, 0.1) is 18.3 Å². The van der Waals surface area contributed by atoms with Crippen LogP contribution in [-0.4, -0.2) is 75.4 Å². The first kappa shape index (κ1) is 24.0. The third-order valence-electron chi connectivity index (χ3n) is 5.66. The normalized spacial score (nSPS) is 18.5. The van der Waals surface area contributed by atoms with Gasteiger partial charge in [0.15, 0.2) is 0 Å². The number of thiocarbonyl (C=S) groups is 1. The largest absolute Gasteiger partial charge is 0.481 e. The lowest BCUT2D eigenvalue weighted by Crippen LogP contribution is -2.47. The Bertz CT molecular complexity index is 1100. The Morgan fingerprint density at radius 2 is 1.94 bits per heavy atom. The van der Waals surface area contributed by atoms with Gasteiger partial charge in [0.1, 0.15) is 21.8 Å². The second-order valence-electron chi connectivity index (χ2n) is 7.67. The summed E-state index contributed by atoms with van der Waals surface area (Å²) in [5, 5.41) is 18.6. The lowest BCUT2D eigenvalue weighted by Gasteiger charge is -2.36. The lowest BCUT2D eigenvalue weighted by atomic mass is 10.0. The van der Waals surface area contributed by atoms with Crippen molar-refractivity contribution < 1.29 is 14.7 Å². The molecular weight excluding hydrogens is 450 g/mol. The number of aliphatic carboxylic acids is 1. The maximum atomic E-state index is 13.0. The molecule has 3 heterocycles. The van der Waals surface area contributed by atoms with E-state index in [1.165, 1.54) is 4.90 Å². The summed E-state index contributed by atoms with van der Waals surface area (Å²) in [6.07, 6.45) is 1.49. The molecule has 11 heteroatoms. The SMILES string of the molecule is CCn1c(N2CCN(C)CC2)c(/C=C2\SC(=S)N(CCC(=O)O)C2=O)c(C)c(C#N)c1=O. The van der Waals surface area contributed by atoms with Crippen molar-refractivity contribution in [1.82, 2.24) is 14.4 Å². The Kier molecular flexibility index (Phi) is 7.38. The Balaban J connectivity index is 2.14. The van der Waals surface area contributed by atoms with E-state index in [1.807, 2.05) is 20.0 Å². The summed E-state index contributed by atoms with van der Waals surface area (Å²) in [7, 11) is 2.04. The first-order valence-corrected chi connectivity index (χ1v) is 11.5. The summed E-state index contributed by atoms with van der Waals surface area (Å²) >= 11 is 6.40. The fraction of sp³-hybridized carbons (Fsp3) is 0.476. The van der Waals surface area contributed by atoms with Crippen LogP contribution in [0.3, 0.4) is 0 Å². The van der Waals surface area contributed by atoms with Gasteiger partial charge in [0.25, 0.3) is 11.5 Å². The van der Waals surface area contributed by atoms with Gasteiger partial charge in [-0.2, -0.15) is 5.26 Å². The number of pyridine rings is 1. The monoisotopic (exact) mass is 475 g/mol. The summed E-state index contributed by atoms with van der Waals surface area (Å²) in [4.78, 5) is 42.9. The zero-order chi connectivity index (χ0) is 23.6. The van der Waals surface area contributed by atoms with E-state index < -0.39 is 5.97 Å². The number of hydrogen-bond donors (Lipinski definition) is 1. The van der Waals surface area contributed by atoms with E-state index in [2.05, 4.69) is 9.80 Å². The van der Waals surface area contributed by atoms with Crippen molar-refractivity contribution in [1.29, 1.82) is 5.26 Å². The minimum absolute atomic E-state index is 0.000454. The van der Waals surface area contributed by atoms with Crippen LogP contribution in [0.4, 0.5) is 5.82 Å². The molecule has 1 amide bonds. The number of nitriles is 1. The van der Waals surface area contributed by atoms with Crippen LogP contribution in [0.1, 0.15) is 30.0 Å². The molecule has 32 heavy (non-hydrogen) atoms. The van der Waals surface area contributed by atoms with E-state index in [4.69, 9.17) is 17.3 Å². The zero-order valence-corrected chi connectivity index (χ0v) is 19.9. The van der Waals surface area contributed by atoms with Crippen molar-refractivity contribution in [3.05, 3.63) is 31.9 Å². The summed E-state index contributed by atoms with van der Waals surface area (Å²) in [5.74, 6) is -0.680. The molecule has 3 rings (SSSR count). The number of aromatic nitrogens is 1. The van der Waals surface area contributed by atoms with Gasteiger partial charge in [0.2, 0.25) is 0 Å². The molecular formula is C21H25N5O4S2. The first-order chi connectivity index (χ1) is 15.2. The number of hydrogen-bond acceptors (Lipinski definition) is 8. The van der Waals surface area contributed by atoms with Crippen LogP contribution in [0.2, 0.25) is 0 Å². The van der Waals surface area contributed by atoms with Crippen molar-refractivity contribution in [3.63, 3.8) is 0 Å². The molecule has 0 unspecified atom stereocenters. The van der Waals surface area contributed by atoms with Crippen LogP contribution in [0.5, 0.6) is 0 Å². The Hall–Kier alpha value is -2.68. The van der Waals surface area contributed by atoms with Gasteiger partial charge < -0.3 is 14.9 Å². The number of likely N-dealkylation sites (N-methyl/N-ethyl adjacent to an activating group) is 1. The molecule has 0 aromatic carbocycles. The molecule has 1 aromatic heterocycles. The molecule has 0 aliphatic carbocycles. The minimum atomic E-state index is -1.01. The average molecular weight is 476 g/mol. The van der Waals surface area contributed by atoms with Crippen molar-refractivity contribution in [2.75, 3.05) is 44.7 Å². The van der Waals surface area contributed by atoms with Gasteiger partial charge >= 0.3 is 5.97 Å². The van der Waals surface area contributed by atoms with Crippen LogP contribution in [-0.2, 0) is 16.1 Å². The standard InChI is InChI=1S/C21H25N5O4S2/c1-4-25-18(24-9-7-23(3)8-10-24)14(13(2)15(12-22)19(25)29)11-16-20(30)26(21(31)32-16)6-5-17(27)28/h11H,4-10H2,1-3H3,(H,27,28)/b16-11-. The van der Waals surface area contributed by atoms with Gasteiger partial charge in [-0.05, 0) is 32.5 Å². The Labute approximate surface area is 195 Å². The average Bonchev–Trinajstić information content (AvgIpc) is 3.01. The van der Waals surface area contributed by atoms with Gasteiger partial charge in [0, 0.05) is 44.8 Å². The quantitative estimate of drug-likeness (QED) is 0.483. The highest BCUT2D eigenvalue weighted by atomic mass is 32.2. The zero-order valence-electron chi connectivity index (χ0n) is 18.3. The second kappa shape index (κ2) is 9.85. The smallest absolute Gasteiger partial charge is 0.305 e. The van der Waals surface area contributed by atoms with Crippen molar-refractivity contribution in [3.8, 4) is 6.07 Å². The number of amides is 1. The molecule has 0 atom stereocenters. The molecule has 1 aromatic rings. The van der Waals surface area contributed by atoms with Crippen molar-refractivity contribution in [2.45, 2.75) is 26.8 Å². The molecule has 1 N–H and O–H groups in total. The topological polar surface area (TPSA) is 110 Å². The Morgan fingerprint density at radius 3 is 2.50 bits per heavy atom. The minimum Gasteiger partial charge on any atom is -0.481 e. The fourth-order valence-electron chi connectivity index (χ4n) is 3.83. The number of carbonyl (C=O) groups is 2. The van der Waals surface area contributed by atoms with Gasteiger partial charge in [-0.3, -0.25) is 23.9 Å². The maximum Gasteiger partial charge on any atom is 0.305 e. The number of thioether (sulfide) groups is 1. The molecule has 2 saturated heterocycles. The summed E-state index contributed by atoms with van der Waals surface area (Å²) in [6.45, 7) is 7.03. The molecule has 0 bridgehead atoms.